The highest BCUT2D eigenvalue weighted by Gasteiger charge is 2.17. The van der Waals surface area contributed by atoms with Crippen molar-refractivity contribution in [3.63, 3.8) is 0 Å². The number of rotatable bonds is 5. The average molecular weight is 407 g/mol. The Morgan fingerprint density at radius 3 is 2.50 bits per heavy atom. The van der Waals surface area contributed by atoms with Crippen LogP contribution in [-0.2, 0) is 25.4 Å². The van der Waals surface area contributed by atoms with Crippen LogP contribution in [0.25, 0.3) is 16.9 Å². The SMILES string of the molecule is C[C@H](NC(=O)Cn1cnc2c1c(=O)n(C)c(=O)n2C)c1ccc(-n2ccnc2)cc1. The Bertz CT molecular complexity index is 1330. The Morgan fingerprint density at radius 1 is 1.10 bits per heavy atom. The Labute approximate surface area is 171 Å². The predicted octanol–water partition coefficient (Wildman–Crippen LogP) is 0.497. The number of nitrogens with one attached hydrogen (secondary N) is 1. The van der Waals surface area contributed by atoms with Crippen LogP contribution >= 0.6 is 0 Å². The molecule has 30 heavy (non-hydrogen) atoms. The third-order valence-electron chi connectivity index (χ3n) is 5.10. The lowest BCUT2D eigenvalue weighted by Gasteiger charge is -2.15. The van der Waals surface area contributed by atoms with Crippen LogP contribution in [0.15, 0.2) is 58.9 Å². The zero-order valence-electron chi connectivity index (χ0n) is 16.8. The first kappa shape index (κ1) is 19.4. The number of aryl methyl sites for hydroxylation is 1. The fourth-order valence-corrected chi connectivity index (χ4v) is 3.39. The van der Waals surface area contributed by atoms with Gasteiger partial charge >= 0.3 is 5.69 Å². The van der Waals surface area contributed by atoms with Gasteiger partial charge in [0.2, 0.25) is 5.91 Å². The molecule has 10 nitrogen and oxygen atoms in total. The number of nitrogens with zero attached hydrogens (tertiary/aromatic N) is 6. The molecule has 3 heterocycles. The maximum Gasteiger partial charge on any atom is 0.332 e. The first-order chi connectivity index (χ1) is 14.4. The Morgan fingerprint density at radius 2 is 1.83 bits per heavy atom. The average Bonchev–Trinajstić information content (AvgIpc) is 3.41. The standard InChI is InChI=1S/C20H21N7O3/c1-13(14-4-6-15(7-5-14)26-9-8-21-11-26)23-16(28)10-27-12-22-18-17(27)19(29)25(3)20(30)24(18)2/h4-9,11-13H,10H2,1-3H3,(H,23,28)/t13-/m0/s1. The van der Waals surface area contributed by atoms with E-state index in [4.69, 9.17) is 0 Å². The van der Waals surface area contributed by atoms with Gasteiger partial charge in [-0.3, -0.25) is 18.7 Å². The van der Waals surface area contributed by atoms with Crippen LogP contribution in [0, 0.1) is 0 Å². The lowest BCUT2D eigenvalue weighted by Crippen LogP contribution is -2.38. The van der Waals surface area contributed by atoms with Crippen molar-refractivity contribution in [3.05, 3.63) is 75.7 Å². The van der Waals surface area contributed by atoms with Gasteiger partial charge in [-0.2, -0.15) is 0 Å². The van der Waals surface area contributed by atoms with Crippen molar-refractivity contribution in [3.8, 4) is 5.69 Å². The molecule has 0 fully saturated rings. The van der Waals surface area contributed by atoms with Gasteiger partial charge in [0.25, 0.3) is 5.56 Å². The van der Waals surface area contributed by atoms with Gasteiger partial charge < -0.3 is 14.5 Å². The zero-order chi connectivity index (χ0) is 21.4. The lowest BCUT2D eigenvalue weighted by molar-refractivity contribution is -0.122. The summed E-state index contributed by atoms with van der Waals surface area (Å²) in [5.74, 6) is -0.267. The Balaban J connectivity index is 1.51. The molecule has 0 radical (unpaired) electrons. The topological polar surface area (TPSA) is 109 Å². The fraction of sp³-hybridized carbons (Fsp3) is 0.250. The van der Waals surface area contributed by atoms with Crippen LogP contribution in [0.2, 0.25) is 0 Å². The number of amides is 1. The molecule has 3 aromatic heterocycles. The van der Waals surface area contributed by atoms with Crippen LogP contribution in [0.3, 0.4) is 0 Å². The van der Waals surface area contributed by atoms with E-state index in [1.165, 1.54) is 29.6 Å². The molecule has 0 bridgehead atoms. The Hall–Kier alpha value is -3.95. The molecule has 154 valence electrons. The van der Waals surface area contributed by atoms with E-state index in [9.17, 15) is 14.4 Å². The van der Waals surface area contributed by atoms with Crippen LogP contribution < -0.4 is 16.6 Å². The van der Waals surface area contributed by atoms with E-state index < -0.39 is 11.2 Å². The second kappa shape index (κ2) is 7.47. The van der Waals surface area contributed by atoms with Crippen LogP contribution in [0.4, 0.5) is 0 Å². The maximum atomic E-state index is 12.6. The van der Waals surface area contributed by atoms with E-state index in [-0.39, 0.29) is 29.7 Å². The summed E-state index contributed by atoms with van der Waals surface area (Å²) in [6, 6.07) is 7.56. The molecular weight excluding hydrogens is 386 g/mol. The molecule has 0 aliphatic carbocycles. The fourth-order valence-electron chi connectivity index (χ4n) is 3.39. The van der Waals surface area contributed by atoms with Crippen molar-refractivity contribution < 1.29 is 4.79 Å². The second-order valence-corrected chi connectivity index (χ2v) is 7.10. The van der Waals surface area contributed by atoms with Crippen molar-refractivity contribution >= 4 is 17.1 Å². The number of imidazole rings is 2. The molecule has 0 saturated heterocycles. The number of aromatic nitrogens is 6. The van der Waals surface area contributed by atoms with Crippen LogP contribution in [0.5, 0.6) is 0 Å². The number of carbonyl (C=O) groups is 1. The summed E-state index contributed by atoms with van der Waals surface area (Å²) in [6.07, 6.45) is 6.68. The first-order valence-corrected chi connectivity index (χ1v) is 9.35. The van der Waals surface area contributed by atoms with Gasteiger partial charge in [-0.15, -0.1) is 0 Å². The van der Waals surface area contributed by atoms with E-state index in [1.807, 2.05) is 42.0 Å². The molecule has 1 amide bonds. The largest absolute Gasteiger partial charge is 0.348 e. The highest BCUT2D eigenvalue weighted by molar-refractivity contribution is 5.79. The monoisotopic (exact) mass is 407 g/mol. The van der Waals surface area contributed by atoms with E-state index >= 15 is 0 Å². The van der Waals surface area contributed by atoms with Gasteiger partial charge in [0, 0.05) is 32.2 Å². The number of carbonyl (C=O) groups excluding carboxylic acids is 1. The summed E-state index contributed by atoms with van der Waals surface area (Å²) >= 11 is 0. The van der Waals surface area contributed by atoms with Gasteiger partial charge in [-0.1, -0.05) is 12.1 Å². The van der Waals surface area contributed by atoms with E-state index in [0.717, 1.165) is 15.8 Å². The van der Waals surface area contributed by atoms with Crippen molar-refractivity contribution in [1.82, 2.24) is 33.6 Å². The molecule has 4 rings (SSSR count). The van der Waals surface area contributed by atoms with E-state index in [2.05, 4.69) is 15.3 Å². The van der Waals surface area contributed by atoms with Crippen molar-refractivity contribution in [2.45, 2.75) is 19.5 Å². The van der Waals surface area contributed by atoms with Gasteiger partial charge in [0.05, 0.1) is 18.7 Å². The molecule has 4 aromatic rings. The quantitative estimate of drug-likeness (QED) is 0.518. The molecular formula is C20H21N7O3. The summed E-state index contributed by atoms with van der Waals surface area (Å²) in [4.78, 5) is 45.3. The number of fused-ring (bicyclic) bond motifs is 1. The zero-order valence-corrected chi connectivity index (χ0v) is 16.8. The second-order valence-electron chi connectivity index (χ2n) is 7.10. The third kappa shape index (κ3) is 3.32. The molecule has 0 saturated carbocycles. The summed E-state index contributed by atoms with van der Waals surface area (Å²) < 4.78 is 5.64. The summed E-state index contributed by atoms with van der Waals surface area (Å²) in [7, 11) is 2.94. The van der Waals surface area contributed by atoms with Gasteiger partial charge in [0.1, 0.15) is 6.54 Å². The summed E-state index contributed by atoms with van der Waals surface area (Å²) in [5, 5.41) is 2.93. The van der Waals surface area contributed by atoms with E-state index in [0.29, 0.717) is 0 Å². The number of hydrogen-bond donors (Lipinski definition) is 1. The minimum atomic E-state index is -0.485. The van der Waals surface area contributed by atoms with E-state index in [1.54, 1.807) is 12.5 Å². The molecule has 0 unspecified atom stereocenters. The summed E-state index contributed by atoms with van der Waals surface area (Å²) in [6.45, 7) is 1.81. The molecule has 1 N–H and O–H groups in total. The van der Waals surface area contributed by atoms with Gasteiger partial charge in [-0.25, -0.2) is 14.8 Å². The smallest absolute Gasteiger partial charge is 0.332 e. The normalized spacial score (nSPS) is 12.2. The number of benzene rings is 1. The predicted molar refractivity (Wildman–Crippen MR) is 110 cm³/mol. The maximum absolute atomic E-state index is 12.6. The van der Waals surface area contributed by atoms with Crippen molar-refractivity contribution in [2.24, 2.45) is 14.1 Å². The first-order valence-electron chi connectivity index (χ1n) is 9.35. The van der Waals surface area contributed by atoms with Crippen molar-refractivity contribution in [2.75, 3.05) is 0 Å². The molecule has 10 heteroatoms. The minimum Gasteiger partial charge on any atom is -0.348 e. The lowest BCUT2D eigenvalue weighted by atomic mass is 10.1. The number of hydrogen-bond acceptors (Lipinski definition) is 5. The molecule has 0 spiro atoms. The molecule has 1 atom stereocenters. The highest BCUT2D eigenvalue weighted by Crippen LogP contribution is 2.16. The van der Waals surface area contributed by atoms with Gasteiger partial charge in [0.15, 0.2) is 11.2 Å². The molecule has 1 aromatic carbocycles. The van der Waals surface area contributed by atoms with Gasteiger partial charge in [-0.05, 0) is 24.6 Å². The van der Waals surface area contributed by atoms with Crippen LogP contribution in [-0.4, -0.2) is 34.1 Å². The minimum absolute atomic E-state index is 0.0819. The van der Waals surface area contributed by atoms with Crippen LogP contribution in [0.1, 0.15) is 18.5 Å². The molecule has 0 aliphatic heterocycles. The summed E-state index contributed by atoms with van der Waals surface area (Å²) in [5.41, 5.74) is 1.43. The Kier molecular flexibility index (Phi) is 4.82. The van der Waals surface area contributed by atoms with Crippen molar-refractivity contribution in [1.29, 1.82) is 0 Å². The molecule has 0 aliphatic rings. The highest BCUT2D eigenvalue weighted by atomic mass is 16.2. The third-order valence-corrected chi connectivity index (χ3v) is 5.10.